The molecule has 0 bridgehead atoms. The maximum absolute atomic E-state index is 13.0. The Labute approximate surface area is 111 Å². The molecule has 2 rings (SSSR count). The van der Waals surface area contributed by atoms with Crippen molar-refractivity contribution in [3.8, 4) is 0 Å². The van der Waals surface area contributed by atoms with Crippen LogP contribution in [0.4, 0.5) is 0 Å². The van der Waals surface area contributed by atoms with E-state index in [1.807, 2.05) is 0 Å². The molecule has 0 aliphatic carbocycles. The van der Waals surface area contributed by atoms with E-state index >= 15 is 0 Å². The summed E-state index contributed by atoms with van der Waals surface area (Å²) in [5.74, 6) is 0.445. The van der Waals surface area contributed by atoms with Crippen molar-refractivity contribution >= 4 is 5.91 Å². The van der Waals surface area contributed by atoms with Gasteiger partial charge in [0.25, 0.3) is 0 Å². The van der Waals surface area contributed by atoms with Gasteiger partial charge in [-0.1, -0.05) is 20.3 Å². The highest BCUT2D eigenvalue weighted by Crippen LogP contribution is 2.35. The number of nitrogens with one attached hydrogen (secondary N) is 1. The average molecular weight is 252 g/mol. The van der Waals surface area contributed by atoms with Crippen LogP contribution >= 0.6 is 0 Å². The van der Waals surface area contributed by atoms with Gasteiger partial charge in [-0.25, -0.2) is 0 Å². The summed E-state index contributed by atoms with van der Waals surface area (Å²) in [6.07, 6.45) is 7.99. The lowest BCUT2D eigenvalue weighted by atomic mass is 9.80. The van der Waals surface area contributed by atoms with Crippen molar-refractivity contribution in [3.05, 3.63) is 0 Å². The summed E-state index contributed by atoms with van der Waals surface area (Å²) in [4.78, 5) is 15.2. The first-order valence-electron chi connectivity index (χ1n) is 7.75. The van der Waals surface area contributed by atoms with Crippen molar-refractivity contribution in [1.29, 1.82) is 0 Å². The first-order valence-corrected chi connectivity index (χ1v) is 7.75. The number of carbonyl (C=O) groups is 1. The number of hydrogen-bond donors (Lipinski definition) is 1. The number of carbonyl (C=O) groups excluding carboxylic acids is 1. The third-order valence-electron chi connectivity index (χ3n) is 4.79. The Morgan fingerprint density at radius 1 is 1.39 bits per heavy atom. The SMILES string of the molecule is CCCC1(C(=O)N2CCCCC2CC)CCNC1. The van der Waals surface area contributed by atoms with Gasteiger partial charge >= 0.3 is 0 Å². The molecule has 0 aromatic heterocycles. The van der Waals surface area contributed by atoms with E-state index in [1.54, 1.807) is 0 Å². The smallest absolute Gasteiger partial charge is 0.230 e. The molecule has 2 atom stereocenters. The van der Waals surface area contributed by atoms with E-state index in [4.69, 9.17) is 0 Å². The molecule has 2 aliphatic heterocycles. The van der Waals surface area contributed by atoms with Gasteiger partial charge in [0.2, 0.25) is 5.91 Å². The monoisotopic (exact) mass is 252 g/mol. The topological polar surface area (TPSA) is 32.3 Å². The minimum Gasteiger partial charge on any atom is -0.339 e. The van der Waals surface area contributed by atoms with Crippen molar-refractivity contribution in [2.75, 3.05) is 19.6 Å². The molecule has 1 amide bonds. The van der Waals surface area contributed by atoms with Crippen LogP contribution in [0.2, 0.25) is 0 Å². The average Bonchev–Trinajstić information content (AvgIpc) is 2.88. The third kappa shape index (κ3) is 2.56. The van der Waals surface area contributed by atoms with E-state index in [0.29, 0.717) is 11.9 Å². The number of piperidine rings is 1. The van der Waals surface area contributed by atoms with Crippen molar-refractivity contribution in [1.82, 2.24) is 10.2 Å². The van der Waals surface area contributed by atoms with Crippen molar-refractivity contribution in [2.45, 2.75) is 64.8 Å². The van der Waals surface area contributed by atoms with Gasteiger partial charge in [0.1, 0.15) is 0 Å². The zero-order valence-corrected chi connectivity index (χ0v) is 12.0. The summed E-state index contributed by atoms with van der Waals surface area (Å²) >= 11 is 0. The summed E-state index contributed by atoms with van der Waals surface area (Å²) in [7, 11) is 0. The van der Waals surface area contributed by atoms with E-state index in [-0.39, 0.29) is 5.41 Å². The summed E-state index contributed by atoms with van der Waals surface area (Å²) in [5.41, 5.74) is -0.0838. The van der Waals surface area contributed by atoms with Crippen LogP contribution in [0.25, 0.3) is 0 Å². The van der Waals surface area contributed by atoms with Gasteiger partial charge in [0.05, 0.1) is 5.41 Å². The minimum atomic E-state index is -0.0838. The highest BCUT2D eigenvalue weighted by molar-refractivity contribution is 5.83. The van der Waals surface area contributed by atoms with Gasteiger partial charge in [0, 0.05) is 19.1 Å². The van der Waals surface area contributed by atoms with Gasteiger partial charge in [0.15, 0.2) is 0 Å². The minimum absolute atomic E-state index is 0.0838. The second kappa shape index (κ2) is 6.05. The Morgan fingerprint density at radius 2 is 2.22 bits per heavy atom. The van der Waals surface area contributed by atoms with Gasteiger partial charge in [-0.05, 0) is 45.1 Å². The van der Waals surface area contributed by atoms with E-state index in [2.05, 4.69) is 24.1 Å². The largest absolute Gasteiger partial charge is 0.339 e. The molecule has 0 saturated carbocycles. The van der Waals surface area contributed by atoms with Crippen LogP contribution in [0.5, 0.6) is 0 Å². The summed E-state index contributed by atoms with van der Waals surface area (Å²) in [5, 5.41) is 3.40. The summed E-state index contributed by atoms with van der Waals surface area (Å²) < 4.78 is 0. The fourth-order valence-electron chi connectivity index (χ4n) is 3.72. The van der Waals surface area contributed by atoms with Gasteiger partial charge in [-0.3, -0.25) is 4.79 Å². The van der Waals surface area contributed by atoms with E-state index in [0.717, 1.165) is 45.3 Å². The lowest BCUT2D eigenvalue weighted by Gasteiger charge is -2.41. The molecule has 3 nitrogen and oxygen atoms in total. The normalized spacial score (nSPS) is 32.8. The maximum atomic E-state index is 13.0. The van der Waals surface area contributed by atoms with Crippen molar-refractivity contribution in [3.63, 3.8) is 0 Å². The van der Waals surface area contributed by atoms with Crippen LogP contribution in [-0.4, -0.2) is 36.5 Å². The fraction of sp³-hybridized carbons (Fsp3) is 0.933. The molecule has 2 fully saturated rings. The Kier molecular flexibility index (Phi) is 4.66. The van der Waals surface area contributed by atoms with Crippen LogP contribution in [0, 0.1) is 5.41 Å². The fourth-order valence-corrected chi connectivity index (χ4v) is 3.72. The van der Waals surface area contributed by atoms with Crippen LogP contribution in [0.1, 0.15) is 58.8 Å². The second-order valence-electron chi connectivity index (χ2n) is 6.01. The number of amides is 1. The zero-order valence-electron chi connectivity index (χ0n) is 12.0. The lowest BCUT2D eigenvalue weighted by Crippen LogP contribution is -2.51. The molecule has 1 N–H and O–H groups in total. The van der Waals surface area contributed by atoms with Crippen molar-refractivity contribution in [2.24, 2.45) is 5.41 Å². The Bertz CT molecular complexity index is 284. The van der Waals surface area contributed by atoms with Gasteiger partial charge < -0.3 is 10.2 Å². The van der Waals surface area contributed by atoms with Crippen LogP contribution in [0.3, 0.4) is 0 Å². The van der Waals surface area contributed by atoms with Crippen LogP contribution in [0.15, 0.2) is 0 Å². The predicted octanol–water partition coefficient (Wildman–Crippen LogP) is 2.56. The molecule has 2 aliphatic rings. The molecule has 2 saturated heterocycles. The molecule has 3 heteroatoms. The van der Waals surface area contributed by atoms with E-state index < -0.39 is 0 Å². The lowest BCUT2D eigenvalue weighted by molar-refractivity contribution is -0.145. The molecular weight excluding hydrogens is 224 g/mol. The number of likely N-dealkylation sites (tertiary alicyclic amines) is 1. The molecule has 0 radical (unpaired) electrons. The highest BCUT2D eigenvalue weighted by atomic mass is 16.2. The Hall–Kier alpha value is -0.570. The van der Waals surface area contributed by atoms with E-state index in [9.17, 15) is 4.79 Å². The standard InChI is InChI=1S/C15H28N2O/c1-3-8-15(9-10-16-12-15)14(18)17-11-6-5-7-13(17)4-2/h13,16H,3-12H2,1-2H3. The van der Waals surface area contributed by atoms with Crippen LogP contribution < -0.4 is 5.32 Å². The number of nitrogens with zero attached hydrogens (tertiary/aromatic N) is 1. The predicted molar refractivity (Wildman–Crippen MR) is 74.5 cm³/mol. The third-order valence-corrected chi connectivity index (χ3v) is 4.79. The first kappa shape index (κ1) is 13.9. The second-order valence-corrected chi connectivity index (χ2v) is 6.01. The maximum Gasteiger partial charge on any atom is 0.230 e. The number of rotatable bonds is 4. The molecule has 2 heterocycles. The van der Waals surface area contributed by atoms with Gasteiger partial charge in [-0.2, -0.15) is 0 Å². The van der Waals surface area contributed by atoms with Crippen LogP contribution in [-0.2, 0) is 4.79 Å². The Morgan fingerprint density at radius 3 is 2.83 bits per heavy atom. The summed E-state index contributed by atoms with van der Waals surface area (Å²) in [6.45, 7) is 7.31. The van der Waals surface area contributed by atoms with E-state index in [1.165, 1.54) is 19.3 Å². The van der Waals surface area contributed by atoms with Crippen molar-refractivity contribution < 1.29 is 4.79 Å². The molecule has 104 valence electrons. The molecular formula is C15H28N2O. The summed E-state index contributed by atoms with van der Waals surface area (Å²) in [6, 6.07) is 0.501. The molecule has 18 heavy (non-hydrogen) atoms. The first-order chi connectivity index (χ1) is 8.73. The number of hydrogen-bond acceptors (Lipinski definition) is 2. The molecule has 0 spiro atoms. The quantitative estimate of drug-likeness (QED) is 0.834. The Balaban J connectivity index is 2.11. The zero-order chi connectivity index (χ0) is 13.0. The molecule has 0 aromatic rings. The molecule has 0 aromatic carbocycles. The highest BCUT2D eigenvalue weighted by Gasteiger charge is 2.44. The molecule has 2 unspecified atom stereocenters. The van der Waals surface area contributed by atoms with Gasteiger partial charge in [-0.15, -0.1) is 0 Å².